The van der Waals surface area contributed by atoms with Crippen LogP contribution in [0.3, 0.4) is 0 Å². The van der Waals surface area contributed by atoms with E-state index in [4.69, 9.17) is 10.2 Å². The van der Waals surface area contributed by atoms with Gasteiger partial charge in [-0.3, -0.25) is 0 Å². The van der Waals surface area contributed by atoms with Crippen molar-refractivity contribution in [1.82, 2.24) is 0 Å². The molecule has 0 atom stereocenters. The number of carbonyl (C=O) groups is 4. The number of rotatable bonds is 6. The van der Waals surface area contributed by atoms with Crippen LogP contribution >= 0.6 is 0 Å². The Morgan fingerprint density at radius 2 is 1.05 bits per heavy atom. The number of carbonyl (C=O) groups excluding carboxylic acids is 2. The summed E-state index contributed by atoms with van der Waals surface area (Å²) in [5, 5.41) is 15.6. The van der Waals surface area contributed by atoms with Gasteiger partial charge in [0.1, 0.15) is 0 Å². The highest BCUT2D eigenvalue weighted by atomic mass is 16.5. The Kier molecular flexibility index (Phi) is 12.6. The SMILES string of the molecule is CCOC(=O)/C=C\C(=O)OCC.O=C(O)/C=C/C(=O)O. The number of hydrogen-bond acceptors (Lipinski definition) is 6. The molecule has 0 aromatic rings. The molecule has 112 valence electrons. The van der Waals surface area contributed by atoms with Gasteiger partial charge in [0.15, 0.2) is 0 Å². The Bertz CT molecular complexity index is 358. The molecule has 0 spiro atoms. The van der Waals surface area contributed by atoms with Gasteiger partial charge in [-0.2, -0.15) is 0 Å². The zero-order valence-corrected chi connectivity index (χ0v) is 11.1. The zero-order chi connectivity index (χ0) is 16.0. The van der Waals surface area contributed by atoms with Crippen molar-refractivity contribution in [3.63, 3.8) is 0 Å². The van der Waals surface area contributed by atoms with Gasteiger partial charge in [-0.1, -0.05) is 0 Å². The summed E-state index contributed by atoms with van der Waals surface area (Å²) in [6.07, 6.45) is 3.20. The van der Waals surface area contributed by atoms with Crippen molar-refractivity contribution in [1.29, 1.82) is 0 Å². The van der Waals surface area contributed by atoms with Gasteiger partial charge in [0.25, 0.3) is 0 Å². The maximum absolute atomic E-state index is 10.6. The molecule has 0 aromatic heterocycles. The molecule has 0 saturated heterocycles. The lowest BCUT2D eigenvalue weighted by Gasteiger charge is -1.95. The number of carboxylic acids is 2. The summed E-state index contributed by atoms with van der Waals surface area (Å²) < 4.78 is 9.07. The predicted molar refractivity (Wildman–Crippen MR) is 66.8 cm³/mol. The minimum Gasteiger partial charge on any atom is -0.478 e. The van der Waals surface area contributed by atoms with Gasteiger partial charge >= 0.3 is 23.9 Å². The van der Waals surface area contributed by atoms with E-state index in [2.05, 4.69) is 9.47 Å². The fourth-order valence-electron chi connectivity index (χ4n) is 0.659. The van der Waals surface area contributed by atoms with E-state index in [0.717, 1.165) is 12.2 Å². The third-order valence-corrected chi connectivity index (χ3v) is 1.30. The number of hydrogen-bond donors (Lipinski definition) is 2. The van der Waals surface area contributed by atoms with Crippen LogP contribution in [0.4, 0.5) is 0 Å². The number of aliphatic carboxylic acids is 2. The van der Waals surface area contributed by atoms with Crippen molar-refractivity contribution in [2.75, 3.05) is 13.2 Å². The van der Waals surface area contributed by atoms with Crippen molar-refractivity contribution in [2.45, 2.75) is 13.8 Å². The summed E-state index contributed by atoms with van der Waals surface area (Å²) in [6.45, 7) is 3.98. The van der Waals surface area contributed by atoms with Gasteiger partial charge in [0, 0.05) is 24.3 Å². The first-order chi connectivity index (χ1) is 9.33. The van der Waals surface area contributed by atoms with Crippen LogP contribution in [0.15, 0.2) is 24.3 Å². The van der Waals surface area contributed by atoms with E-state index in [1.165, 1.54) is 0 Å². The highest BCUT2D eigenvalue weighted by Crippen LogP contribution is 1.84. The van der Waals surface area contributed by atoms with Gasteiger partial charge in [-0.15, -0.1) is 0 Å². The molecular weight excluding hydrogens is 272 g/mol. The molecule has 20 heavy (non-hydrogen) atoms. The molecule has 0 bridgehead atoms. The first kappa shape index (κ1) is 19.7. The Morgan fingerprint density at radius 3 is 1.25 bits per heavy atom. The van der Waals surface area contributed by atoms with Crippen molar-refractivity contribution in [3.8, 4) is 0 Å². The van der Waals surface area contributed by atoms with E-state index in [-0.39, 0.29) is 0 Å². The zero-order valence-electron chi connectivity index (χ0n) is 11.1. The monoisotopic (exact) mass is 288 g/mol. The first-order valence-electron chi connectivity index (χ1n) is 5.48. The van der Waals surface area contributed by atoms with Crippen LogP contribution in [0.1, 0.15) is 13.8 Å². The molecular formula is C12H16O8. The van der Waals surface area contributed by atoms with Crippen LogP contribution in [-0.2, 0) is 28.7 Å². The Morgan fingerprint density at radius 1 is 0.750 bits per heavy atom. The van der Waals surface area contributed by atoms with E-state index in [0.29, 0.717) is 25.4 Å². The number of esters is 2. The van der Waals surface area contributed by atoms with Gasteiger partial charge in [-0.05, 0) is 13.8 Å². The lowest BCUT2D eigenvalue weighted by Crippen LogP contribution is -2.03. The lowest BCUT2D eigenvalue weighted by atomic mass is 10.5. The van der Waals surface area contributed by atoms with Gasteiger partial charge in [0.2, 0.25) is 0 Å². The molecule has 0 heterocycles. The summed E-state index contributed by atoms with van der Waals surface area (Å²) in [7, 11) is 0. The van der Waals surface area contributed by atoms with Crippen molar-refractivity contribution in [3.05, 3.63) is 24.3 Å². The van der Waals surface area contributed by atoms with Crippen LogP contribution < -0.4 is 0 Å². The molecule has 0 rings (SSSR count). The summed E-state index contributed by atoms with van der Waals surface area (Å²) in [4.78, 5) is 40.4. The Hall–Kier alpha value is -2.64. The first-order valence-corrected chi connectivity index (χ1v) is 5.48. The second-order valence-corrected chi connectivity index (χ2v) is 2.85. The largest absolute Gasteiger partial charge is 0.478 e. The van der Waals surface area contributed by atoms with Crippen LogP contribution in [0, 0.1) is 0 Å². The van der Waals surface area contributed by atoms with E-state index >= 15 is 0 Å². The van der Waals surface area contributed by atoms with Crippen molar-refractivity contribution < 1.29 is 38.9 Å². The average molecular weight is 288 g/mol. The minimum absolute atomic E-state index is 0.298. The van der Waals surface area contributed by atoms with Crippen molar-refractivity contribution >= 4 is 23.9 Å². The predicted octanol–water partition coefficient (Wildman–Crippen LogP) is 0.381. The van der Waals surface area contributed by atoms with E-state index < -0.39 is 23.9 Å². The fourth-order valence-corrected chi connectivity index (χ4v) is 0.659. The molecule has 0 aliphatic rings. The van der Waals surface area contributed by atoms with E-state index in [9.17, 15) is 19.2 Å². The standard InChI is InChI=1S/C8H12O4.C4H4O4/c1-3-11-7(9)5-6-8(10)12-4-2;5-3(6)1-2-4(7)8/h5-6H,3-4H2,1-2H3;1-2H,(H,5,6)(H,7,8)/b6-5-;2-1+. The Balaban J connectivity index is 0. The molecule has 0 aromatic carbocycles. The Labute approximate surface area is 115 Å². The summed E-state index contributed by atoms with van der Waals surface area (Å²) in [5.74, 6) is -3.59. The average Bonchev–Trinajstić information content (AvgIpc) is 2.35. The molecule has 0 unspecified atom stereocenters. The fraction of sp³-hybridized carbons (Fsp3) is 0.333. The molecule has 8 nitrogen and oxygen atoms in total. The summed E-state index contributed by atoms with van der Waals surface area (Å²) in [6, 6.07) is 0. The second kappa shape index (κ2) is 12.8. The summed E-state index contributed by atoms with van der Waals surface area (Å²) in [5.41, 5.74) is 0. The maximum atomic E-state index is 10.6. The molecule has 0 radical (unpaired) electrons. The quantitative estimate of drug-likeness (QED) is 0.530. The van der Waals surface area contributed by atoms with Crippen LogP contribution in [0.5, 0.6) is 0 Å². The normalized spacial score (nSPS) is 9.70. The van der Waals surface area contributed by atoms with Gasteiger partial charge < -0.3 is 19.7 Å². The molecule has 0 aliphatic heterocycles. The minimum atomic E-state index is -1.26. The summed E-state index contributed by atoms with van der Waals surface area (Å²) >= 11 is 0. The van der Waals surface area contributed by atoms with Gasteiger partial charge in [0.05, 0.1) is 13.2 Å². The van der Waals surface area contributed by atoms with E-state index in [1.807, 2.05) is 0 Å². The van der Waals surface area contributed by atoms with Crippen LogP contribution in [0.25, 0.3) is 0 Å². The smallest absolute Gasteiger partial charge is 0.330 e. The number of carboxylic acid groups (broad SMARTS) is 2. The lowest BCUT2D eigenvalue weighted by molar-refractivity contribution is -0.140. The number of ether oxygens (including phenoxy) is 2. The van der Waals surface area contributed by atoms with E-state index in [1.54, 1.807) is 13.8 Å². The molecule has 0 aliphatic carbocycles. The third-order valence-electron chi connectivity index (χ3n) is 1.30. The maximum Gasteiger partial charge on any atom is 0.330 e. The van der Waals surface area contributed by atoms with Crippen LogP contribution in [0.2, 0.25) is 0 Å². The molecule has 2 N–H and O–H groups in total. The van der Waals surface area contributed by atoms with Gasteiger partial charge in [-0.25, -0.2) is 19.2 Å². The molecule has 0 saturated carbocycles. The molecule has 0 amide bonds. The topological polar surface area (TPSA) is 127 Å². The highest BCUT2D eigenvalue weighted by molar-refractivity contribution is 5.91. The molecule has 8 heteroatoms. The highest BCUT2D eigenvalue weighted by Gasteiger charge is 1.97. The second-order valence-electron chi connectivity index (χ2n) is 2.85. The van der Waals surface area contributed by atoms with Crippen molar-refractivity contribution in [2.24, 2.45) is 0 Å². The molecule has 0 fully saturated rings. The van der Waals surface area contributed by atoms with Crippen LogP contribution in [-0.4, -0.2) is 47.3 Å². The third kappa shape index (κ3) is 17.7.